The van der Waals surface area contributed by atoms with E-state index in [-0.39, 0.29) is 24.0 Å². The molecule has 0 heterocycles. The summed E-state index contributed by atoms with van der Waals surface area (Å²) in [6.07, 6.45) is 0. The molecule has 144 valence electrons. The summed E-state index contributed by atoms with van der Waals surface area (Å²) in [6, 6.07) is 8.49. The van der Waals surface area contributed by atoms with Gasteiger partial charge in [0, 0.05) is 9.50 Å². The van der Waals surface area contributed by atoms with Crippen molar-refractivity contribution < 1.29 is 19.1 Å². The fraction of sp³-hybridized carbons (Fsp3) is 0.176. The molecule has 0 aliphatic heterocycles. The van der Waals surface area contributed by atoms with E-state index in [1.165, 1.54) is 6.07 Å². The second-order valence-corrected chi connectivity index (χ2v) is 7.90. The molecule has 2 aromatic rings. The topological polar surface area (TPSA) is 76.7 Å². The van der Waals surface area contributed by atoms with Crippen LogP contribution in [0.3, 0.4) is 0 Å². The van der Waals surface area contributed by atoms with E-state index in [1.807, 2.05) is 13.0 Å². The van der Waals surface area contributed by atoms with Crippen LogP contribution in [0, 0.1) is 6.92 Å². The zero-order valence-corrected chi connectivity index (χ0v) is 18.6. The Labute approximate surface area is 182 Å². The van der Waals surface area contributed by atoms with Crippen LogP contribution >= 0.6 is 55.1 Å². The van der Waals surface area contributed by atoms with E-state index in [9.17, 15) is 9.59 Å². The highest BCUT2D eigenvalue weighted by Gasteiger charge is 2.12. The van der Waals surface area contributed by atoms with Gasteiger partial charge >= 0.3 is 0 Å². The van der Waals surface area contributed by atoms with Gasteiger partial charge < -0.3 is 9.47 Å². The van der Waals surface area contributed by atoms with E-state index in [0.717, 1.165) is 10.0 Å². The molecule has 0 fully saturated rings. The molecule has 0 spiro atoms. The molecule has 2 amide bonds. The number of amides is 2. The Morgan fingerprint density at radius 2 is 1.63 bits per heavy atom. The van der Waals surface area contributed by atoms with Crippen molar-refractivity contribution in [2.24, 2.45) is 0 Å². The van der Waals surface area contributed by atoms with E-state index in [0.29, 0.717) is 15.2 Å². The van der Waals surface area contributed by atoms with Crippen LogP contribution in [-0.4, -0.2) is 25.0 Å². The molecule has 0 unspecified atom stereocenters. The summed E-state index contributed by atoms with van der Waals surface area (Å²) < 4.78 is 12.2. The largest absolute Gasteiger partial charge is 0.483 e. The van der Waals surface area contributed by atoms with Gasteiger partial charge in [0.2, 0.25) is 0 Å². The van der Waals surface area contributed by atoms with Gasteiger partial charge in [-0.05, 0) is 58.7 Å². The van der Waals surface area contributed by atoms with Crippen molar-refractivity contribution in [1.29, 1.82) is 0 Å². The van der Waals surface area contributed by atoms with Crippen LogP contribution in [0.2, 0.25) is 10.0 Å². The van der Waals surface area contributed by atoms with Crippen molar-refractivity contribution in [3.05, 3.63) is 54.9 Å². The van der Waals surface area contributed by atoms with Crippen LogP contribution in [0.25, 0.3) is 0 Å². The minimum atomic E-state index is -0.568. The summed E-state index contributed by atoms with van der Waals surface area (Å²) in [5, 5.41) is 0.682. The number of carbonyl (C=O) groups excluding carboxylic acids is 2. The summed E-state index contributed by atoms with van der Waals surface area (Å²) in [7, 11) is 0. The Morgan fingerprint density at radius 1 is 1.00 bits per heavy atom. The third kappa shape index (κ3) is 6.88. The molecule has 2 rings (SSSR count). The Bertz CT molecular complexity index is 842. The standard InChI is InChI=1S/C17H14Br2Cl2N2O4/c1-9-4-10(18)2-3-14(9)26-7-15(24)22-23-16(25)8-27-17-12(19)5-11(20)6-13(17)21/h2-6H,7-8H2,1H3,(H,22,24)(H,23,25). The second kappa shape index (κ2) is 10.2. The van der Waals surface area contributed by atoms with Crippen LogP contribution in [-0.2, 0) is 9.59 Å². The van der Waals surface area contributed by atoms with E-state index in [4.69, 9.17) is 32.7 Å². The fourth-order valence-corrected chi connectivity index (χ4v) is 3.78. The molecule has 0 saturated heterocycles. The maximum absolute atomic E-state index is 11.8. The first kappa shape index (κ1) is 21.8. The number of benzene rings is 2. The normalized spacial score (nSPS) is 10.3. The van der Waals surface area contributed by atoms with Crippen molar-refractivity contribution in [2.45, 2.75) is 6.92 Å². The minimum Gasteiger partial charge on any atom is -0.483 e. The number of nitrogens with one attached hydrogen (secondary N) is 2. The molecule has 0 aliphatic rings. The summed E-state index contributed by atoms with van der Waals surface area (Å²) in [4.78, 5) is 23.6. The van der Waals surface area contributed by atoms with Gasteiger partial charge in [0.25, 0.3) is 11.8 Å². The zero-order valence-electron chi connectivity index (χ0n) is 13.9. The lowest BCUT2D eigenvalue weighted by Crippen LogP contribution is -2.45. The molecule has 0 aromatic heterocycles. The smallest absolute Gasteiger partial charge is 0.276 e. The summed E-state index contributed by atoms with van der Waals surface area (Å²) in [5.74, 6) is -0.237. The molecule has 6 nitrogen and oxygen atoms in total. The average molecular weight is 541 g/mol. The second-order valence-electron chi connectivity index (χ2n) is 5.28. The number of halogens is 4. The highest BCUT2D eigenvalue weighted by molar-refractivity contribution is 9.10. The Hall–Kier alpha value is -1.48. The predicted molar refractivity (Wildman–Crippen MR) is 110 cm³/mol. The molecule has 0 bridgehead atoms. The molecule has 0 aliphatic carbocycles. The van der Waals surface area contributed by atoms with Gasteiger partial charge in [-0.25, -0.2) is 0 Å². The van der Waals surface area contributed by atoms with Crippen LogP contribution in [0.5, 0.6) is 11.5 Å². The van der Waals surface area contributed by atoms with Crippen molar-refractivity contribution >= 4 is 66.9 Å². The van der Waals surface area contributed by atoms with Gasteiger partial charge in [0.15, 0.2) is 19.0 Å². The first-order valence-corrected chi connectivity index (χ1v) is 9.84. The molecule has 10 heteroatoms. The van der Waals surface area contributed by atoms with Crippen LogP contribution in [0.1, 0.15) is 5.56 Å². The van der Waals surface area contributed by atoms with Crippen LogP contribution < -0.4 is 20.3 Å². The highest BCUT2D eigenvalue weighted by atomic mass is 79.9. The number of hydrogen-bond acceptors (Lipinski definition) is 4. The number of rotatable bonds is 6. The molecule has 0 radical (unpaired) electrons. The quantitative estimate of drug-likeness (QED) is 0.531. The molecule has 2 aromatic carbocycles. The van der Waals surface area contributed by atoms with Crippen molar-refractivity contribution in [1.82, 2.24) is 10.9 Å². The Kier molecular flexibility index (Phi) is 8.22. The SMILES string of the molecule is Cc1cc(Br)ccc1OCC(=O)NNC(=O)COc1c(Cl)cc(Cl)cc1Br. The van der Waals surface area contributed by atoms with E-state index in [1.54, 1.807) is 18.2 Å². The first-order chi connectivity index (χ1) is 12.8. The van der Waals surface area contributed by atoms with Gasteiger partial charge in [-0.2, -0.15) is 0 Å². The maximum atomic E-state index is 11.8. The third-order valence-corrected chi connectivity index (χ3v) is 4.73. The lowest BCUT2D eigenvalue weighted by Gasteiger charge is -2.12. The molecule has 0 saturated carbocycles. The van der Waals surface area contributed by atoms with Gasteiger partial charge in [-0.15, -0.1) is 0 Å². The van der Waals surface area contributed by atoms with Crippen molar-refractivity contribution in [3.8, 4) is 11.5 Å². The highest BCUT2D eigenvalue weighted by Crippen LogP contribution is 2.35. The van der Waals surface area contributed by atoms with Crippen LogP contribution in [0.15, 0.2) is 39.3 Å². The number of hydrazine groups is 1. The molecular weight excluding hydrogens is 527 g/mol. The number of ether oxygens (including phenoxy) is 2. The summed E-state index contributed by atoms with van der Waals surface area (Å²) >= 11 is 18.5. The van der Waals surface area contributed by atoms with Gasteiger partial charge in [0.05, 0.1) is 9.50 Å². The van der Waals surface area contributed by atoms with Gasteiger partial charge in [0.1, 0.15) is 5.75 Å². The first-order valence-electron chi connectivity index (χ1n) is 7.50. The summed E-state index contributed by atoms with van der Waals surface area (Å²) in [6.45, 7) is 1.25. The lowest BCUT2D eigenvalue weighted by atomic mass is 10.2. The number of carbonyl (C=O) groups is 2. The average Bonchev–Trinajstić information content (AvgIpc) is 2.58. The molecule has 2 N–H and O–H groups in total. The Balaban J connectivity index is 1.76. The Morgan fingerprint density at radius 3 is 2.22 bits per heavy atom. The van der Waals surface area contributed by atoms with Crippen molar-refractivity contribution in [2.75, 3.05) is 13.2 Å². The van der Waals surface area contributed by atoms with E-state index < -0.39 is 11.8 Å². The molecule has 27 heavy (non-hydrogen) atoms. The molecule has 0 atom stereocenters. The predicted octanol–water partition coefficient (Wildman–Crippen LogP) is 4.43. The lowest BCUT2D eigenvalue weighted by molar-refractivity contribution is -0.131. The van der Waals surface area contributed by atoms with Gasteiger partial charge in [-0.1, -0.05) is 39.1 Å². The minimum absolute atomic E-state index is 0.252. The fourth-order valence-electron chi connectivity index (χ4n) is 1.93. The number of aryl methyl sites for hydroxylation is 1. The van der Waals surface area contributed by atoms with Crippen molar-refractivity contribution in [3.63, 3.8) is 0 Å². The van der Waals surface area contributed by atoms with Gasteiger partial charge in [-0.3, -0.25) is 20.4 Å². The monoisotopic (exact) mass is 538 g/mol. The third-order valence-electron chi connectivity index (χ3n) is 3.15. The van der Waals surface area contributed by atoms with E-state index >= 15 is 0 Å². The van der Waals surface area contributed by atoms with E-state index in [2.05, 4.69) is 42.7 Å². The maximum Gasteiger partial charge on any atom is 0.276 e. The number of hydrogen-bond donors (Lipinski definition) is 2. The summed E-state index contributed by atoms with van der Waals surface area (Å²) in [5.41, 5.74) is 5.34. The molecular formula is C17H14Br2Cl2N2O4. The zero-order chi connectivity index (χ0) is 20.0. The van der Waals surface area contributed by atoms with Crippen LogP contribution in [0.4, 0.5) is 0 Å².